The van der Waals surface area contributed by atoms with E-state index in [1.807, 2.05) is 37.3 Å². The molecule has 0 aliphatic carbocycles. The molecule has 0 unspecified atom stereocenters. The van der Waals surface area contributed by atoms with Crippen molar-refractivity contribution in [2.75, 3.05) is 11.9 Å². The van der Waals surface area contributed by atoms with Gasteiger partial charge in [-0.1, -0.05) is 37.3 Å². The monoisotopic (exact) mass is 286 g/mol. The lowest BCUT2D eigenvalue weighted by Gasteiger charge is -2.10. The Labute approximate surface area is 123 Å². The molecule has 2 rings (SSSR count). The number of anilines is 1. The van der Waals surface area contributed by atoms with Crippen molar-refractivity contribution in [3.05, 3.63) is 64.2 Å². The number of nitro groups is 1. The van der Waals surface area contributed by atoms with Gasteiger partial charge >= 0.3 is 0 Å². The van der Waals surface area contributed by atoms with E-state index in [1.165, 1.54) is 12.1 Å². The van der Waals surface area contributed by atoms with E-state index >= 15 is 0 Å². The van der Waals surface area contributed by atoms with Crippen molar-refractivity contribution in [3.63, 3.8) is 0 Å². The molecule has 0 amide bonds. The first-order valence-corrected chi connectivity index (χ1v) is 6.89. The summed E-state index contributed by atoms with van der Waals surface area (Å²) in [6.07, 6.45) is 0.947. The Morgan fingerprint density at radius 1 is 1.19 bits per heavy atom. The number of nitrogens with zero attached hydrogens (tertiary/aromatic N) is 1. The van der Waals surface area contributed by atoms with Crippen LogP contribution >= 0.6 is 0 Å². The van der Waals surface area contributed by atoms with Gasteiger partial charge in [-0.3, -0.25) is 10.1 Å². The second-order valence-corrected chi connectivity index (χ2v) is 4.67. The summed E-state index contributed by atoms with van der Waals surface area (Å²) < 4.78 is 5.66. The minimum Gasteiger partial charge on any atom is -0.489 e. The highest BCUT2D eigenvalue weighted by Gasteiger charge is 2.10. The van der Waals surface area contributed by atoms with Crippen LogP contribution in [0.3, 0.4) is 0 Å². The van der Waals surface area contributed by atoms with Crippen LogP contribution in [-0.4, -0.2) is 11.5 Å². The van der Waals surface area contributed by atoms with Crippen molar-refractivity contribution < 1.29 is 9.66 Å². The molecular weight excluding hydrogens is 268 g/mol. The summed E-state index contributed by atoms with van der Waals surface area (Å²) in [7, 11) is 0. The van der Waals surface area contributed by atoms with E-state index in [-0.39, 0.29) is 5.69 Å². The molecule has 5 nitrogen and oxygen atoms in total. The van der Waals surface area contributed by atoms with E-state index in [0.29, 0.717) is 18.0 Å². The van der Waals surface area contributed by atoms with Crippen LogP contribution in [0.1, 0.15) is 18.9 Å². The van der Waals surface area contributed by atoms with Gasteiger partial charge in [-0.05, 0) is 12.0 Å². The number of benzene rings is 2. The summed E-state index contributed by atoms with van der Waals surface area (Å²) in [6.45, 7) is 3.19. The van der Waals surface area contributed by atoms with Gasteiger partial charge in [0.15, 0.2) is 0 Å². The number of ether oxygens (including phenoxy) is 1. The second kappa shape index (κ2) is 7.28. The van der Waals surface area contributed by atoms with E-state index in [4.69, 9.17) is 4.74 Å². The summed E-state index contributed by atoms with van der Waals surface area (Å²) in [5.41, 5.74) is 1.75. The molecule has 5 heteroatoms. The van der Waals surface area contributed by atoms with E-state index in [0.717, 1.165) is 18.5 Å². The van der Waals surface area contributed by atoms with Crippen LogP contribution < -0.4 is 10.1 Å². The Morgan fingerprint density at radius 2 is 1.95 bits per heavy atom. The van der Waals surface area contributed by atoms with Crippen LogP contribution in [0.15, 0.2) is 48.5 Å². The molecule has 0 aliphatic rings. The highest BCUT2D eigenvalue weighted by molar-refractivity contribution is 5.56. The van der Waals surface area contributed by atoms with Gasteiger partial charge in [0.1, 0.15) is 12.4 Å². The molecule has 0 saturated carbocycles. The van der Waals surface area contributed by atoms with Crippen molar-refractivity contribution in [2.24, 2.45) is 0 Å². The third kappa shape index (κ3) is 4.49. The average molecular weight is 286 g/mol. The van der Waals surface area contributed by atoms with Gasteiger partial charge in [-0.25, -0.2) is 0 Å². The maximum absolute atomic E-state index is 11.0. The molecule has 2 aromatic rings. The number of hydrogen-bond acceptors (Lipinski definition) is 4. The van der Waals surface area contributed by atoms with Crippen LogP contribution in [-0.2, 0) is 6.61 Å². The highest BCUT2D eigenvalue weighted by atomic mass is 16.6. The molecule has 0 atom stereocenters. The maximum Gasteiger partial charge on any atom is 0.275 e. The van der Waals surface area contributed by atoms with E-state index in [2.05, 4.69) is 5.32 Å². The molecule has 0 aromatic heterocycles. The lowest BCUT2D eigenvalue weighted by molar-refractivity contribution is -0.384. The normalized spacial score (nSPS) is 10.1. The Kier molecular flexibility index (Phi) is 5.15. The highest BCUT2D eigenvalue weighted by Crippen LogP contribution is 2.26. The number of hydrogen-bond donors (Lipinski definition) is 1. The average Bonchev–Trinajstić information content (AvgIpc) is 2.51. The predicted molar refractivity (Wildman–Crippen MR) is 82.7 cm³/mol. The number of rotatable bonds is 7. The van der Waals surface area contributed by atoms with Gasteiger partial charge in [0.05, 0.1) is 11.0 Å². The molecule has 2 aromatic carbocycles. The second-order valence-electron chi connectivity index (χ2n) is 4.67. The fraction of sp³-hybridized carbons (Fsp3) is 0.250. The first-order chi connectivity index (χ1) is 10.2. The van der Waals surface area contributed by atoms with Gasteiger partial charge in [0.2, 0.25) is 0 Å². The van der Waals surface area contributed by atoms with Crippen LogP contribution in [0.2, 0.25) is 0 Å². The maximum atomic E-state index is 11.0. The quantitative estimate of drug-likeness (QED) is 0.617. The third-order valence-electron chi connectivity index (χ3n) is 2.93. The summed E-state index contributed by atoms with van der Waals surface area (Å²) in [5, 5.41) is 14.1. The minimum absolute atomic E-state index is 0.0270. The number of nitrogens with one attached hydrogen (secondary N) is 1. The molecule has 110 valence electrons. The van der Waals surface area contributed by atoms with Gasteiger partial charge in [0.25, 0.3) is 5.69 Å². The molecule has 0 aliphatic heterocycles. The zero-order valence-corrected chi connectivity index (χ0v) is 11.9. The van der Waals surface area contributed by atoms with Gasteiger partial charge < -0.3 is 10.1 Å². The lowest BCUT2D eigenvalue weighted by atomic mass is 10.2. The summed E-state index contributed by atoms with van der Waals surface area (Å²) in [5.74, 6) is 0.492. The Morgan fingerprint density at radius 3 is 2.62 bits per heavy atom. The Bertz CT molecular complexity index is 600. The van der Waals surface area contributed by atoms with Crippen LogP contribution in [0, 0.1) is 10.1 Å². The molecule has 0 fully saturated rings. The first-order valence-electron chi connectivity index (χ1n) is 6.89. The molecule has 0 heterocycles. The number of non-ortho nitro benzene ring substituents is 1. The van der Waals surface area contributed by atoms with Crippen LogP contribution in [0.25, 0.3) is 0 Å². The van der Waals surface area contributed by atoms with Gasteiger partial charge in [0, 0.05) is 24.4 Å². The molecule has 0 spiro atoms. The van der Waals surface area contributed by atoms with E-state index in [1.54, 1.807) is 6.07 Å². The Hall–Kier alpha value is -2.56. The largest absolute Gasteiger partial charge is 0.489 e. The lowest BCUT2D eigenvalue weighted by Crippen LogP contribution is -2.02. The number of nitro benzene ring substituents is 1. The van der Waals surface area contributed by atoms with Crippen molar-refractivity contribution in [3.8, 4) is 5.75 Å². The van der Waals surface area contributed by atoms with Crippen molar-refractivity contribution in [2.45, 2.75) is 20.0 Å². The topological polar surface area (TPSA) is 64.4 Å². The molecule has 0 saturated heterocycles. The molecular formula is C16H18N2O3. The van der Waals surface area contributed by atoms with Gasteiger partial charge in [-0.2, -0.15) is 0 Å². The molecule has 0 bridgehead atoms. The van der Waals surface area contributed by atoms with E-state index in [9.17, 15) is 10.1 Å². The summed E-state index contributed by atoms with van der Waals surface area (Å²) in [6, 6.07) is 14.4. The molecule has 1 N–H and O–H groups in total. The van der Waals surface area contributed by atoms with Gasteiger partial charge in [-0.15, -0.1) is 0 Å². The summed E-state index contributed by atoms with van der Waals surface area (Å²) >= 11 is 0. The van der Waals surface area contributed by atoms with Crippen molar-refractivity contribution in [1.29, 1.82) is 0 Å². The SMILES string of the molecule is CCCNc1cc(OCc2ccccc2)cc([N+](=O)[O-])c1. The molecule has 0 radical (unpaired) electrons. The Balaban J connectivity index is 2.13. The standard InChI is InChI=1S/C16H18N2O3/c1-2-8-17-14-9-15(18(19)20)11-16(10-14)21-12-13-6-4-3-5-7-13/h3-7,9-11,17H,2,8,12H2,1H3. The first kappa shape index (κ1) is 14.8. The fourth-order valence-corrected chi connectivity index (χ4v) is 1.88. The van der Waals surface area contributed by atoms with Crippen LogP contribution in [0.4, 0.5) is 11.4 Å². The summed E-state index contributed by atoms with van der Waals surface area (Å²) in [4.78, 5) is 10.6. The smallest absolute Gasteiger partial charge is 0.275 e. The van der Waals surface area contributed by atoms with E-state index < -0.39 is 4.92 Å². The van der Waals surface area contributed by atoms with Crippen molar-refractivity contribution >= 4 is 11.4 Å². The molecule has 21 heavy (non-hydrogen) atoms. The zero-order valence-electron chi connectivity index (χ0n) is 11.9. The predicted octanol–water partition coefficient (Wildman–Crippen LogP) is 4.00. The fourth-order valence-electron chi connectivity index (χ4n) is 1.88. The van der Waals surface area contributed by atoms with Crippen molar-refractivity contribution in [1.82, 2.24) is 0 Å². The third-order valence-corrected chi connectivity index (χ3v) is 2.93. The van der Waals surface area contributed by atoms with Crippen LogP contribution in [0.5, 0.6) is 5.75 Å². The minimum atomic E-state index is -0.410. The zero-order chi connectivity index (χ0) is 15.1.